The standard InChI is InChI=1S/C15H18ClN5/c1-20(7-3-9-21-8-2-6-17-21)11-15-18-13-5-4-12(16)10-14(13)19-15/h2,4-6,8,10H,3,7,9,11H2,1H3,(H,18,19). The van der Waals surface area contributed by atoms with Gasteiger partial charge in [-0.15, -0.1) is 0 Å². The molecule has 21 heavy (non-hydrogen) atoms. The molecule has 0 atom stereocenters. The van der Waals surface area contributed by atoms with Crippen LogP contribution in [0.5, 0.6) is 0 Å². The number of nitrogens with one attached hydrogen (secondary N) is 1. The second-order valence-electron chi connectivity index (χ2n) is 5.21. The lowest BCUT2D eigenvalue weighted by Crippen LogP contribution is -2.21. The molecule has 0 bridgehead atoms. The van der Waals surface area contributed by atoms with Crippen LogP contribution in [-0.2, 0) is 13.1 Å². The number of hydrogen-bond acceptors (Lipinski definition) is 3. The molecule has 0 aliphatic heterocycles. The Morgan fingerprint density at radius 3 is 3.10 bits per heavy atom. The molecule has 0 spiro atoms. The topological polar surface area (TPSA) is 49.7 Å². The molecular formula is C15H18ClN5. The van der Waals surface area contributed by atoms with Crippen LogP contribution in [-0.4, -0.2) is 38.2 Å². The summed E-state index contributed by atoms with van der Waals surface area (Å²) in [6, 6.07) is 7.66. The van der Waals surface area contributed by atoms with Crippen LogP contribution in [0, 0.1) is 0 Å². The number of halogens is 1. The summed E-state index contributed by atoms with van der Waals surface area (Å²) in [5, 5.41) is 4.93. The van der Waals surface area contributed by atoms with E-state index in [1.807, 2.05) is 41.3 Å². The molecule has 2 aromatic heterocycles. The quantitative estimate of drug-likeness (QED) is 0.762. The summed E-state index contributed by atoms with van der Waals surface area (Å²) in [4.78, 5) is 10.1. The molecule has 0 radical (unpaired) electrons. The lowest BCUT2D eigenvalue weighted by molar-refractivity contribution is 0.305. The highest BCUT2D eigenvalue weighted by atomic mass is 35.5. The zero-order valence-corrected chi connectivity index (χ0v) is 12.7. The molecule has 0 aliphatic rings. The Kier molecular flexibility index (Phi) is 4.22. The van der Waals surface area contributed by atoms with Gasteiger partial charge in [0.15, 0.2) is 0 Å². The Morgan fingerprint density at radius 2 is 2.29 bits per heavy atom. The molecule has 0 unspecified atom stereocenters. The maximum absolute atomic E-state index is 5.98. The Morgan fingerprint density at radius 1 is 1.38 bits per heavy atom. The zero-order valence-electron chi connectivity index (χ0n) is 12.0. The molecule has 0 fully saturated rings. The van der Waals surface area contributed by atoms with Gasteiger partial charge in [-0.05, 0) is 37.7 Å². The number of fused-ring (bicyclic) bond motifs is 1. The normalized spacial score (nSPS) is 11.6. The second kappa shape index (κ2) is 6.28. The van der Waals surface area contributed by atoms with Crippen molar-refractivity contribution in [3.63, 3.8) is 0 Å². The third-order valence-electron chi connectivity index (χ3n) is 3.40. The molecule has 3 rings (SSSR count). The largest absolute Gasteiger partial charge is 0.341 e. The summed E-state index contributed by atoms with van der Waals surface area (Å²) < 4.78 is 1.96. The van der Waals surface area contributed by atoms with Gasteiger partial charge in [-0.25, -0.2) is 4.98 Å². The number of aromatic nitrogens is 4. The molecule has 0 aliphatic carbocycles. The van der Waals surface area contributed by atoms with E-state index in [1.54, 1.807) is 0 Å². The predicted molar refractivity (Wildman–Crippen MR) is 84.3 cm³/mol. The van der Waals surface area contributed by atoms with Gasteiger partial charge in [0.1, 0.15) is 5.82 Å². The highest BCUT2D eigenvalue weighted by Crippen LogP contribution is 2.17. The maximum Gasteiger partial charge on any atom is 0.121 e. The molecule has 110 valence electrons. The molecule has 1 N–H and O–H groups in total. The number of nitrogens with zero attached hydrogens (tertiary/aromatic N) is 4. The number of H-pyrrole nitrogens is 1. The molecule has 0 amide bonds. The smallest absolute Gasteiger partial charge is 0.121 e. The van der Waals surface area contributed by atoms with Gasteiger partial charge in [0, 0.05) is 30.5 Å². The van der Waals surface area contributed by atoms with Crippen molar-refractivity contribution < 1.29 is 0 Å². The first kappa shape index (κ1) is 14.1. The molecule has 1 aromatic carbocycles. The van der Waals surface area contributed by atoms with Gasteiger partial charge in [0.2, 0.25) is 0 Å². The van der Waals surface area contributed by atoms with Gasteiger partial charge < -0.3 is 4.98 Å². The third kappa shape index (κ3) is 3.62. The van der Waals surface area contributed by atoms with E-state index < -0.39 is 0 Å². The lowest BCUT2D eigenvalue weighted by atomic mass is 10.3. The number of imidazole rings is 1. The van der Waals surface area contributed by atoms with Crippen molar-refractivity contribution in [2.75, 3.05) is 13.6 Å². The van der Waals surface area contributed by atoms with Crippen LogP contribution in [0.2, 0.25) is 5.02 Å². The molecular weight excluding hydrogens is 286 g/mol. The first-order valence-electron chi connectivity index (χ1n) is 7.01. The van der Waals surface area contributed by atoms with Crippen molar-refractivity contribution in [2.24, 2.45) is 0 Å². The summed E-state index contributed by atoms with van der Waals surface area (Å²) in [6.07, 6.45) is 4.86. The Labute approximate surface area is 128 Å². The monoisotopic (exact) mass is 303 g/mol. The van der Waals surface area contributed by atoms with Gasteiger partial charge in [-0.3, -0.25) is 9.58 Å². The fourth-order valence-corrected chi connectivity index (χ4v) is 2.55. The second-order valence-corrected chi connectivity index (χ2v) is 5.64. The van der Waals surface area contributed by atoms with E-state index in [0.717, 1.165) is 47.9 Å². The zero-order chi connectivity index (χ0) is 14.7. The molecule has 0 saturated heterocycles. The minimum atomic E-state index is 0.727. The average Bonchev–Trinajstić information content (AvgIpc) is 3.07. The first-order chi connectivity index (χ1) is 10.2. The highest BCUT2D eigenvalue weighted by molar-refractivity contribution is 6.31. The molecule has 2 heterocycles. The minimum Gasteiger partial charge on any atom is -0.341 e. The molecule has 6 heteroatoms. The molecule has 3 aromatic rings. The minimum absolute atomic E-state index is 0.727. The van der Waals surface area contributed by atoms with E-state index in [4.69, 9.17) is 11.6 Å². The Hall–Kier alpha value is -1.85. The Bertz CT molecular complexity index is 704. The SMILES string of the molecule is CN(CCCn1cccn1)Cc1nc2ccc(Cl)cc2[nH]1. The van der Waals surface area contributed by atoms with E-state index in [9.17, 15) is 0 Å². The van der Waals surface area contributed by atoms with E-state index in [-0.39, 0.29) is 0 Å². The van der Waals surface area contributed by atoms with Crippen LogP contribution < -0.4 is 0 Å². The van der Waals surface area contributed by atoms with Gasteiger partial charge in [0.25, 0.3) is 0 Å². The van der Waals surface area contributed by atoms with E-state index in [2.05, 4.69) is 27.0 Å². The summed E-state index contributed by atoms with van der Waals surface area (Å²) in [5.74, 6) is 0.967. The average molecular weight is 304 g/mol. The third-order valence-corrected chi connectivity index (χ3v) is 3.63. The summed E-state index contributed by atoms with van der Waals surface area (Å²) in [6.45, 7) is 2.73. The van der Waals surface area contributed by atoms with E-state index in [0.29, 0.717) is 0 Å². The fraction of sp³-hybridized carbons (Fsp3) is 0.333. The maximum atomic E-state index is 5.98. The predicted octanol–water partition coefficient (Wildman–Crippen LogP) is 2.93. The number of benzene rings is 1. The Balaban J connectivity index is 1.54. The first-order valence-corrected chi connectivity index (χ1v) is 7.38. The van der Waals surface area contributed by atoms with Crippen molar-refractivity contribution in [3.05, 3.63) is 47.5 Å². The van der Waals surface area contributed by atoms with Crippen molar-refractivity contribution >= 4 is 22.6 Å². The highest BCUT2D eigenvalue weighted by Gasteiger charge is 2.06. The van der Waals surface area contributed by atoms with Gasteiger partial charge >= 0.3 is 0 Å². The van der Waals surface area contributed by atoms with Gasteiger partial charge in [-0.2, -0.15) is 5.10 Å². The number of aromatic amines is 1. The van der Waals surface area contributed by atoms with E-state index >= 15 is 0 Å². The fourth-order valence-electron chi connectivity index (χ4n) is 2.38. The van der Waals surface area contributed by atoms with Crippen molar-refractivity contribution in [1.82, 2.24) is 24.6 Å². The van der Waals surface area contributed by atoms with Crippen LogP contribution in [0.4, 0.5) is 0 Å². The summed E-state index contributed by atoms with van der Waals surface area (Å²) in [5.41, 5.74) is 1.95. The van der Waals surface area contributed by atoms with Crippen molar-refractivity contribution in [3.8, 4) is 0 Å². The van der Waals surface area contributed by atoms with Gasteiger partial charge in [0.05, 0.1) is 17.6 Å². The molecule has 0 saturated carbocycles. The number of rotatable bonds is 6. The van der Waals surface area contributed by atoms with Crippen LogP contribution in [0.3, 0.4) is 0 Å². The van der Waals surface area contributed by atoms with Crippen molar-refractivity contribution in [1.29, 1.82) is 0 Å². The summed E-state index contributed by atoms with van der Waals surface area (Å²) in [7, 11) is 2.10. The number of aryl methyl sites for hydroxylation is 1. The lowest BCUT2D eigenvalue weighted by Gasteiger charge is -2.14. The van der Waals surface area contributed by atoms with Crippen LogP contribution in [0.1, 0.15) is 12.2 Å². The summed E-state index contributed by atoms with van der Waals surface area (Å²) >= 11 is 5.98. The van der Waals surface area contributed by atoms with Crippen LogP contribution in [0.25, 0.3) is 11.0 Å². The molecule has 5 nitrogen and oxygen atoms in total. The van der Waals surface area contributed by atoms with Crippen LogP contribution >= 0.6 is 11.6 Å². The number of hydrogen-bond donors (Lipinski definition) is 1. The van der Waals surface area contributed by atoms with Gasteiger partial charge in [-0.1, -0.05) is 11.6 Å². The van der Waals surface area contributed by atoms with E-state index in [1.165, 1.54) is 0 Å². The van der Waals surface area contributed by atoms with Crippen molar-refractivity contribution in [2.45, 2.75) is 19.5 Å². The van der Waals surface area contributed by atoms with Crippen LogP contribution in [0.15, 0.2) is 36.7 Å².